The number of fused-ring (bicyclic) bond motifs is 1. The fourth-order valence-corrected chi connectivity index (χ4v) is 3.84. The fourth-order valence-electron chi connectivity index (χ4n) is 3.84. The maximum Gasteiger partial charge on any atom is 0.407 e. The van der Waals surface area contributed by atoms with Gasteiger partial charge in [-0.25, -0.2) is 19.7 Å². The van der Waals surface area contributed by atoms with Crippen LogP contribution < -0.4 is 16.0 Å². The first-order chi connectivity index (χ1) is 15.5. The van der Waals surface area contributed by atoms with Crippen LogP contribution in [0.25, 0.3) is 17.0 Å². The predicted molar refractivity (Wildman–Crippen MR) is 130 cm³/mol. The second kappa shape index (κ2) is 10.1. The molecule has 0 aliphatic heterocycles. The molecule has 33 heavy (non-hydrogen) atoms. The number of hydrogen-bond donors (Lipinski definition) is 3. The Morgan fingerprint density at radius 3 is 2.67 bits per heavy atom. The minimum atomic E-state index is -0.562. The normalized spacial score (nSPS) is 18.6. The van der Waals surface area contributed by atoms with Crippen LogP contribution in [0.3, 0.4) is 0 Å². The van der Waals surface area contributed by atoms with Gasteiger partial charge in [0.25, 0.3) is 0 Å². The van der Waals surface area contributed by atoms with E-state index in [2.05, 4.69) is 37.5 Å². The van der Waals surface area contributed by atoms with Gasteiger partial charge < -0.3 is 15.4 Å². The summed E-state index contributed by atoms with van der Waals surface area (Å²) in [7, 11) is 0. The molecule has 3 N–H and O–H groups in total. The van der Waals surface area contributed by atoms with E-state index in [1.54, 1.807) is 12.3 Å². The lowest BCUT2D eigenvalue weighted by Crippen LogP contribution is -2.43. The van der Waals surface area contributed by atoms with Gasteiger partial charge in [0.2, 0.25) is 11.9 Å². The van der Waals surface area contributed by atoms with Crippen LogP contribution in [0.4, 0.5) is 16.6 Å². The molecule has 0 radical (unpaired) electrons. The molecule has 1 aliphatic rings. The number of aromatic nitrogens is 3. The summed E-state index contributed by atoms with van der Waals surface area (Å²) in [6.07, 6.45) is 5.84. The van der Waals surface area contributed by atoms with Gasteiger partial charge in [0.15, 0.2) is 5.82 Å². The molecule has 1 aliphatic carbocycles. The summed E-state index contributed by atoms with van der Waals surface area (Å²) in [6, 6.07) is 1.91. The van der Waals surface area contributed by atoms with Crippen molar-refractivity contribution in [2.45, 2.75) is 78.0 Å². The molecule has 0 spiro atoms. The minimum absolute atomic E-state index is 0.106. The first-order valence-electron chi connectivity index (χ1n) is 11.4. The van der Waals surface area contributed by atoms with E-state index in [0.717, 1.165) is 30.3 Å². The zero-order valence-corrected chi connectivity index (χ0v) is 20.1. The van der Waals surface area contributed by atoms with Crippen LogP contribution in [0.1, 0.15) is 66.0 Å². The van der Waals surface area contributed by atoms with Gasteiger partial charge in [-0.15, -0.1) is 0 Å². The van der Waals surface area contributed by atoms with Crippen LogP contribution in [-0.2, 0) is 9.53 Å². The number of rotatable bonds is 6. The summed E-state index contributed by atoms with van der Waals surface area (Å²) >= 11 is 0. The van der Waals surface area contributed by atoms with E-state index in [0.29, 0.717) is 17.8 Å². The molecule has 2 aromatic rings. The number of alkyl carbamates (subject to hydrolysis) is 1. The number of hydrogen-bond acceptors (Lipinski definition) is 7. The molecular formula is C24H34N6O3. The third-order valence-corrected chi connectivity index (χ3v) is 5.22. The zero-order valence-electron chi connectivity index (χ0n) is 20.1. The first-order valence-corrected chi connectivity index (χ1v) is 11.4. The number of pyridine rings is 1. The lowest BCUT2D eigenvalue weighted by Gasteiger charge is -2.29. The topological polar surface area (TPSA) is 118 Å². The maximum absolute atomic E-state index is 12.9. The van der Waals surface area contributed by atoms with Crippen LogP contribution in [0.5, 0.6) is 0 Å². The third-order valence-electron chi connectivity index (χ3n) is 5.22. The van der Waals surface area contributed by atoms with E-state index in [4.69, 9.17) is 4.74 Å². The average molecular weight is 455 g/mol. The van der Waals surface area contributed by atoms with E-state index in [-0.39, 0.29) is 29.9 Å². The van der Waals surface area contributed by atoms with Crippen molar-refractivity contribution in [1.82, 2.24) is 20.3 Å². The maximum atomic E-state index is 12.9. The molecule has 9 nitrogen and oxygen atoms in total. The molecule has 0 bridgehead atoms. The van der Waals surface area contributed by atoms with Crippen LogP contribution in [0.15, 0.2) is 18.8 Å². The minimum Gasteiger partial charge on any atom is -0.444 e. The van der Waals surface area contributed by atoms with Gasteiger partial charge in [0, 0.05) is 29.6 Å². The highest BCUT2D eigenvalue weighted by Gasteiger charge is 2.30. The molecule has 3 rings (SSSR count). The molecule has 178 valence electrons. The molecular weight excluding hydrogens is 420 g/mol. The molecule has 0 unspecified atom stereocenters. The van der Waals surface area contributed by atoms with Crippen molar-refractivity contribution < 1.29 is 14.3 Å². The number of anilines is 2. The Balaban J connectivity index is 1.70. The molecule has 2 amide bonds. The van der Waals surface area contributed by atoms with E-state index in [1.807, 2.05) is 40.7 Å². The van der Waals surface area contributed by atoms with Gasteiger partial charge in [0.1, 0.15) is 11.1 Å². The van der Waals surface area contributed by atoms with E-state index >= 15 is 0 Å². The Bertz CT molecular complexity index is 1030. The number of nitrogens with zero attached hydrogens (tertiary/aromatic N) is 3. The number of ether oxygens (including phenoxy) is 1. The summed E-state index contributed by atoms with van der Waals surface area (Å²) in [5.41, 5.74) is 0.789. The van der Waals surface area contributed by atoms with Crippen molar-refractivity contribution in [3.05, 3.63) is 24.5 Å². The molecule has 2 atom stereocenters. The van der Waals surface area contributed by atoms with Crippen LogP contribution >= 0.6 is 0 Å². The predicted octanol–water partition coefficient (Wildman–Crippen LogP) is 4.51. The second-order valence-corrected chi connectivity index (χ2v) is 9.73. The lowest BCUT2D eigenvalue weighted by molar-refractivity contribution is -0.121. The summed E-state index contributed by atoms with van der Waals surface area (Å²) in [6.45, 7) is 13.3. The van der Waals surface area contributed by atoms with Crippen molar-refractivity contribution in [1.29, 1.82) is 0 Å². The molecule has 2 heterocycles. The summed E-state index contributed by atoms with van der Waals surface area (Å²) in [5, 5.41) is 9.83. The largest absolute Gasteiger partial charge is 0.444 e. The lowest BCUT2D eigenvalue weighted by atomic mass is 9.85. The summed E-state index contributed by atoms with van der Waals surface area (Å²) in [4.78, 5) is 38.5. The van der Waals surface area contributed by atoms with Crippen molar-refractivity contribution in [3.8, 4) is 0 Å². The summed E-state index contributed by atoms with van der Waals surface area (Å²) < 4.78 is 5.34. The van der Waals surface area contributed by atoms with Crippen molar-refractivity contribution in [3.63, 3.8) is 0 Å². The Hall–Kier alpha value is -3.23. The fraction of sp³-hybridized carbons (Fsp3) is 0.542. The van der Waals surface area contributed by atoms with Gasteiger partial charge in [-0.2, -0.15) is 0 Å². The van der Waals surface area contributed by atoms with Gasteiger partial charge in [-0.3, -0.25) is 10.1 Å². The Morgan fingerprint density at radius 2 is 2.00 bits per heavy atom. The highest BCUT2D eigenvalue weighted by molar-refractivity contribution is 5.94. The van der Waals surface area contributed by atoms with Crippen LogP contribution in [0, 0.1) is 5.92 Å². The molecule has 1 saturated carbocycles. The molecule has 9 heteroatoms. The number of amides is 2. The molecule has 1 fully saturated rings. The standard InChI is InChI=1S/C24H34N6O3/c1-7-17-12-16-13-25-22(29-19(16)20(27-17)26-14(2)3)30-21(31)15-9-8-10-18(11-15)28-23(32)33-24(4,5)6/h7,12-15,18H,1,8-11H2,2-6H3,(H,26,27)(H,28,32)(H,25,29,30,31)/t15-,18+/m0/s1. The van der Waals surface area contributed by atoms with Crippen LogP contribution in [-0.4, -0.2) is 44.6 Å². The van der Waals surface area contributed by atoms with Crippen molar-refractivity contribution in [2.24, 2.45) is 5.92 Å². The Kier molecular flexibility index (Phi) is 7.50. The molecule has 2 aromatic heterocycles. The van der Waals surface area contributed by atoms with Crippen molar-refractivity contribution >= 4 is 40.7 Å². The monoisotopic (exact) mass is 454 g/mol. The zero-order chi connectivity index (χ0) is 24.2. The Labute approximate surface area is 194 Å². The van der Waals surface area contributed by atoms with E-state index < -0.39 is 11.7 Å². The van der Waals surface area contributed by atoms with E-state index in [9.17, 15) is 9.59 Å². The number of carbonyl (C=O) groups excluding carboxylic acids is 2. The van der Waals surface area contributed by atoms with Gasteiger partial charge in [-0.1, -0.05) is 13.0 Å². The molecule has 0 saturated heterocycles. The first kappa shape index (κ1) is 24.4. The highest BCUT2D eigenvalue weighted by Crippen LogP contribution is 2.27. The second-order valence-electron chi connectivity index (χ2n) is 9.73. The summed E-state index contributed by atoms with van der Waals surface area (Å²) in [5.74, 6) is 0.455. The Morgan fingerprint density at radius 1 is 1.24 bits per heavy atom. The SMILES string of the molecule is C=Cc1cc2cnc(NC(=O)[C@H]3CCC[C@@H](NC(=O)OC(C)(C)C)C3)nc2c(NC(C)C)n1. The quantitative estimate of drug-likeness (QED) is 0.588. The number of nitrogens with one attached hydrogen (secondary N) is 3. The van der Waals surface area contributed by atoms with Gasteiger partial charge >= 0.3 is 6.09 Å². The number of carbonyl (C=O) groups is 2. The highest BCUT2D eigenvalue weighted by atomic mass is 16.6. The third kappa shape index (κ3) is 6.87. The average Bonchev–Trinajstić information content (AvgIpc) is 2.72. The molecule has 0 aromatic carbocycles. The smallest absolute Gasteiger partial charge is 0.407 e. The van der Waals surface area contributed by atoms with E-state index in [1.165, 1.54) is 0 Å². The van der Waals surface area contributed by atoms with Crippen LogP contribution in [0.2, 0.25) is 0 Å². The van der Waals surface area contributed by atoms with Crippen molar-refractivity contribution in [2.75, 3.05) is 10.6 Å². The van der Waals surface area contributed by atoms with Gasteiger partial charge in [-0.05, 0) is 66.0 Å². The van der Waals surface area contributed by atoms with Gasteiger partial charge in [0.05, 0.1) is 5.69 Å².